The van der Waals surface area contributed by atoms with Gasteiger partial charge in [0.25, 0.3) is 0 Å². The molecule has 156 valence electrons. The lowest BCUT2D eigenvalue weighted by atomic mass is 9.50. The molecule has 3 aliphatic carbocycles. The van der Waals surface area contributed by atoms with Crippen LogP contribution in [0.25, 0.3) is 0 Å². The van der Waals surface area contributed by atoms with Gasteiger partial charge in [0.2, 0.25) is 0 Å². The van der Waals surface area contributed by atoms with Crippen molar-refractivity contribution in [3.05, 3.63) is 0 Å². The van der Waals surface area contributed by atoms with Gasteiger partial charge < -0.3 is 4.74 Å². The van der Waals surface area contributed by atoms with Crippen molar-refractivity contribution in [2.24, 2.45) is 52.8 Å². The first-order valence-electron chi connectivity index (χ1n) is 11.8. The maximum atomic E-state index is 11.5. The minimum atomic E-state index is -0.0459. The lowest BCUT2D eigenvalue weighted by molar-refractivity contribution is -0.141. The van der Waals surface area contributed by atoms with Crippen LogP contribution in [0.4, 0.5) is 0 Å². The van der Waals surface area contributed by atoms with Crippen LogP contribution in [0, 0.1) is 52.8 Å². The summed E-state index contributed by atoms with van der Waals surface area (Å²) in [5.41, 5.74) is 0.587. The molecule has 0 N–H and O–H groups in total. The largest absolute Gasteiger partial charge is 0.469 e. The van der Waals surface area contributed by atoms with Gasteiger partial charge >= 0.3 is 5.97 Å². The molecule has 1 unspecified atom stereocenters. The van der Waals surface area contributed by atoms with Crippen molar-refractivity contribution in [1.29, 1.82) is 0 Å². The molecule has 0 aliphatic heterocycles. The van der Waals surface area contributed by atoms with Crippen molar-refractivity contribution in [3.63, 3.8) is 0 Å². The normalized spacial score (nSPS) is 45.9. The second-order valence-electron chi connectivity index (χ2n) is 11.0. The van der Waals surface area contributed by atoms with Crippen LogP contribution < -0.4 is 0 Å². The number of esters is 1. The quantitative estimate of drug-likeness (QED) is 0.497. The summed E-state index contributed by atoms with van der Waals surface area (Å²) in [6.07, 6.45) is 11.7. The Kier molecular flexibility index (Phi) is 6.63. The molecule has 9 atom stereocenters. The standard InChI is InChI=1S/C25H44O2/c1-16-13-14-25(5)19(4)23(9-8-20(25)15-16)22-11-10-21(18(22)3)17(2)7-12-24(26)27-6/h16-23H,7-15H2,1-6H3/t16-,17-,18?,19+,20-,21-,22-,23-,25-/m1/s1. The molecular weight excluding hydrogens is 332 g/mol. The third-order valence-electron chi connectivity index (χ3n) is 9.82. The second kappa shape index (κ2) is 8.46. The Hall–Kier alpha value is -0.530. The number of ether oxygens (including phenoxy) is 1. The zero-order chi connectivity index (χ0) is 19.8. The first-order valence-corrected chi connectivity index (χ1v) is 11.8. The summed E-state index contributed by atoms with van der Waals surface area (Å²) >= 11 is 0. The van der Waals surface area contributed by atoms with Gasteiger partial charge in [-0.2, -0.15) is 0 Å². The summed E-state index contributed by atoms with van der Waals surface area (Å²) in [6.45, 7) is 12.6. The molecule has 0 spiro atoms. The number of carbonyl (C=O) groups is 1. The summed E-state index contributed by atoms with van der Waals surface area (Å²) in [6, 6.07) is 0. The average molecular weight is 377 g/mol. The molecule has 0 aromatic carbocycles. The van der Waals surface area contributed by atoms with E-state index in [4.69, 9.17) is 4.74 Å². The molecule has 0 amide bonds. The van der Waals surface area contributed by atoms with Crippen LogP contribution in [0.2, 0.25) is 0 Å². The fourth-order valence-electron chi connectivity index (χ4n) is 7.70. The smallest absolute Gasteiger partial charge is 0.305 e. The summed E-state index contributed by atoms with van der Waals surface area (Å²) in [5.74, 6) is 6.82. The Bertz CT molecular complexity index is 514. The highest BCUT2D eigenvalue weighted by atomic mass is 16.5. The molecule has 0 aromatic heterocycles. The van der Waals surface area contributed by atoms with Crippen LogP contribution in [0.5, 0.6) is 0 Å². The molecule has 3 fully saturated rings. The Balaban J connectivity index is 1.63. The zero-order valence-corrected chi connectivity index (χ0v) is 18.8. The predicted octanol–water partition coefficient (Wildman–Crippen LogP) is 6.73. The Morgan fingerprint density at radius 1 is 1.07 bits per heavy atom. The van der Waals surface area contributed by atoms with Crippen LogP contribution in [0.1, 0.15) is 92.4 Å². The topological polar surface area (TPSA) is 26.3 Å². The number of rotatable bonds is 5. The molecule has 3 saturated carbocycles. The first-order chi connectivity index (χ1) is 12.8. The van der Waals surface area contributed by atoms with Crippen molar-refractivity contribution in [1.82, 2.24) is 0 Å². The number of hydrogen-bond donors (Lipinski definition) is 0. The van der Waals surface area contributed by atoms with Crippen LogP contribution in [-0.4, -0.2) is 13.1 Å². The monoisotopic (exact) mass is 376 g/mol. The van der Waals surface area contributed by atoms with Gasteiger partial charge in [-0.25, -0.2) is 0 Å². The minimum absolute atomic E-state index is 0.0459. The van der Waals surface area contributed by atoms with E-state index in [1.165, 1.54) is 52.1 Å². The Morgan fingerprint density at radius 2 is 1.78 bits per heavy atom. The van der Waals surface area contributed by atoms with Crippen molar-refractivity contribution in [3.8, 4) is 0 Å². The molecule has 0 radical (unpaired) electrons. The number of fused-ring (bicyclic) bond motifs is 1. The van der Waals surface area contributed by atoms with E-state index in [0.29, 0.717) is 17.8 Å². The van der Waals surface area contributed by atoms with Gasteiger partial charge in [0.1, 0.15) is 0 Å². The maximum Gasteiger partial charge on any atom is 0.305 e. The van der Waals surface area contributed by atoms with Crippen molar-refractivity contribution in [2.45, 2.75) is 92.4 Å². The van der Waals surface area contributed by atoms with E-state index in [9.17, 15) is 4.79 Å². The molecule has 3 aliphatic rings. The van der Waals surface area contributed by atoms with Gasteiger partial charge in [-0.1, -0.05) is 41.0 Å². The van der Waals surface area contributed by atoms with Gasteiger partial charge in [0.05, 0.1) is 7.11 Å². The number of carbonyl (C=O) groups excluding carboxylic acids is 1. The van der Waals surface area contributed by atoms with Gasteiger partial charge in [0, 0.05) is 6.42 Å². The highest BCUT2D eigenvalue weighted by Crippen LogP contribution is 2.60. The fraction of sp³-hybridized carbons (Fsp3) is 0.960. The third-order valence-corrected chi connectivity index (χ3v) is 9.82. The first kappa shape index (κ1) is 21.2. The second-order valence-corrected chi connectivity index (χ2v) is 11.0. The van der Waals surface area contributed by atoms with Gasteiger partial charge in [-0.3, -0.25) is 4.79 Å². The van der Waals surface area contributed by atoms with Crippen LogP contribution >= 0.6 is 0 Å². The molecular formula is C25H44O2. The molecule has 27 heavy (non-hydrogen) atoms. The third kappa shape index (κ3) is 4.10. The van der Waals surface area contributed by atoms with Crippen LogP contribution in [-0.2, 0) is 9.53 Å². The van der Waals surface area contributed by atoms with Crippen molar-refractivity contribution in [2.75, 3.05) is 7.11 Å². The molecule has 0 saturated heterocycles. The molecule has 0 heterocycles. The van der Waals surface area contributed by atoms with Crippen LogP contribution in [0.15, 0.2) is 0 Å². The minimum Gasteiger partial charge on any atom is -0.469 e. The summed E-state index contributed by atoms with van der Waals surface area (Å²) in [7, 11) is 1.51. The van der Waals surface area contributed by atoms with E-state index in [1.54, 1.807) is 0 Å². The highest BCUT2D eigenvalue weighted by Gasteiger charge is 2.51. The Morgan fingerprint density at radius 3 is 2.48 bits per heavy atom. The zero-order valence-electron chi connectivity index (χ0n) is 18.8. The molecule has 0 aromatic rings. The van der Waals surface area contributed by atoms with E-state index in [1.807, 2.05) is 0 Å². The predicted molar refractivity (Wildman–Crippen MR) is 112 cm³/mol. The van der Waals surface area contributed by atoms with E-state index in [0.717, 1.165) is 47.8 Å². The summed E-state index contributed by atoms with van der Waals surface area (Å²) in [4.78, 5) is 11.5. The van der Waals surface area contributed by atoms with Crippen molar-refractivity contribution < 1.29 is 9.53 Å². The lowest BCUT2D eigenvalue weighted by Crippen LogP contribution is -2.47. The molecule has 2 nitrogen and oxygen atoms in total. The molecule has 2 heteroatoms. The van der Waals surface area contributed by atoms with E-state index >= 15 is 0 Å². The highest BCUT2D eigenvalue weighted by molar-refractivity contribution is 5.69. The summed E-state index contributed by atoms with van der Waals surface area (Å²) < 4.78 is 4.85. The van der Waals surface area contributed by atoms with Gasteiger partial charge in [-0.05, 0) is 97.7 Å². The Labute approximate surface area is 168 Å². The molecule has 3 rings (SSSR count). The van der Waals surface area contributed by atoms with E-state index < -0.39 is 0 Å². The van der Waals surface area contributed by atoms with Crippen LogP contribution in [0.3, 0.4) is 0 Å². The lowest BCUT2D eigenvalue weighted by Gasteiger charge is -2.55. The maximum absolute atomic E-state index is 11.5. The van der Waals surface area contributed by atoms with Gasteiger partial charge in [0.15, 0.2) is 0 Å². The van der Waals surface area contributed by atoms with E-state index in [2.05, 4.69) is 34.6 Å². The molecule has 0 bridgehead atoms. The SMILES string of the molecule is COC(=O)CC[C@@H](C)[C@H]1CC[C@@H]([C@@H]2CC[C@@H]3C[C@H](C)CC[C@]3(C)[C@H]2C)C1C. The number of hydrogen-bond acceptors (Lipinski definition) is 2. The average Bonchev–Trinajstić information content (AvgIpc) is 3.03. The van der Waals surface area contributed by atoms with Crippen molar-refractivity contribution >= 4 is 5.97 Å². The van der Waals surface area contributed by atoms with E-state index in [-0.39, 0.29) is 5.97 Å². The fourth-order valence-corrected chi connectivity index (χ4v) is 7.70. The number of methoxy groups -OCH3 is 1. The summed E-state index contributed by atoms with van der Waals surface area (Å²) in [5, 5.41) is 0. The van der Waals surface area contributed by atoms with Gasteiger partial charge in [-0.15, -0.1) is 0 Å².